The number of anilines is 1. The van der Waals surface area contributed by atoms with Crippen molar-refractivity contribution in [3.05, 3.63) is 54.5 Å². The van der Waals surface area contributed by atoms with Gasteiger partial charge < -0.3 is 4.90 Å². The molecule has 1 aliphatic heterocycles. The molecule has 2 aromatic heterocycles. The van der Waals surface area contributed by atoms with Crippen LogP contribution in [0.1, 0.15) is 18.4 Å². The number of benzene rings is 1. The van der Waals surface area contributed by atoms with Crippen LogP contribution in [0.25, 0.3) is 5.69 Å². The summed E-state index contributed by atoms with van der Waals surface area (Å²) in [5.41, 5.74) is 1.37. The van der Waals surface area contributed by atoms with Crippen LogP contribution < -0.4 is 9.62 Å². The van der Waals surface area contributed by atoms with Gasteiger partial charge in [0.05, 0.1) is 10.6 Å². The van der Waals surface area contributed by atoms with Crippen molar-refractivity contribution in [1.29, 1.82) is 0 Å². The van der Waals surface area contributed by atoms with Crippen LogP contribution >= 0.6 is 0 Å². The first-order valence-electron chi connectivity index (χ1n) is 8.65. The lowest BCUT2D eigenvalue weighted by molar-refractivity contribution is 0.581. The van der Waals surface area contributed by atoms with Crippen LogP contribution in [0.4, 0.5) is 5.82 Å². The summed E-state index contributed by atoms with van der Waals surface area (Å²) in [7, 11) is -3.67. The zero-order chi connectivity index (χ0) is 18.7. The molecule has 27 heavy (non-hydrogen) atoms. The quantitative estimate of drug-likeness (QED) is 0.678. The first-order chi connectivity index (χ1) is 13.1. The van der Waals surface area contributed by atoms with Crippen molar-refractivity contribution in [2.24, 2.45) is 0 Å². The largest absolute Gasteiger partial charge is 0.357 e. The van der Waals surface area contributed by atoms with Gasteiger partial charge in [0, 0.05) is 25.8 Å². The van der Waals surface area contributed by atoms with Crippen LogP contribution in [0.3, 0.4) is 0 Å². The first-order valence-corrected chi connectivity index (χ1v) is 10.1. The van der Waals surface area contributed by atoms with Gasteiger partial charge in [-0.15, -0.1) is 5.10 Å². The summed E-state index contributed by atoms with van der Waals surface area (Å²) in [5, 5.41) is 10.9. The molecule has 0 spiro atoms. The molecule has 0 radical (unpaired) electrons. The average molecular weight is 385 g/mol. The molecule has 0 unspecified atom stereocenters. The molecule has 140 valence electrons. The van der Waals surface area contributed by atoms with Crippen LogP contribution in [0.5, 0.6) is 0 Å². The SMILES string of the molecule is O=S(=O)(NCc1ccc(N2CCCC2)nc1)c1cccc(-n2cnnn2)c1. The zero-order valence-corrected chi connectivity index (χ0v) is 15.4. The Labute approximate surface area is 157 Å². The third-order valence-electron chi connectivity index (χ3n) is 4.45. The highest BCUT2D eigenvalue weighted by molar-refractivity contribution is 7.89. The molecule has 1 fully saturated rings. The highest BCUT2D eigenvalue weighted by Gasteiger charge is 2.16. The van der Waals surface area contributed by atoms with E-state index in [-0.39, 0.29) is 11.4 Å². The summed E-state index contributed by atoms with van der Waals surface area (Å²) in [6.45, 7) is 2.22. The Hall–Kier alpha value is -2.85. The minimum absolute atomic E-state index is 0.150. The van der Waals surface area contributed by atoms with Crippen molar-refractivity contribution in [2.45, 2.75) is 24.3 Å². The number of hydrogen-bond acceptors (Lipinski definition) is 7. The molecule has 9 nitrogen and oxygen atoms in total. The molecule has 0 aliphatic carbocycles. The molecule has 10 heteroatoms. The van der Waals surface area contributed by atoms with Crippen LogP contribution in [0, 0.1) is 0 Å². The normalized spacial score (nSPS) is 14.6. The van der Waals surface area contributed by atoms with Crippen molar-refractivity contribution in [3.63, 3.8) is 0 Å². The van der Waals surface area contributed by atoms with Gasteiger partial charge in [0.25, 0.3) is 0 Å². The van der Waals surface area contributed by atoms with Gasteiger partial charge >= 0.3 is 0 Å². The summed E-state index contributed by atoms with van der Waals surface area (Å²) < 4.78 is 29.2. The van der Waals surface area contributed by atoms with Crippen molar-refractivity contribution in [3.8, 4) is 5.69 Å². The minimum Gasteiger partial charge on any atom is -0.357 e. The molecule has 4 rings (SSSR count). The van der Waals surface area contributed by atoms with Crippen LogP contribution in [0.2, 0.25) is 0 Å². The van der Waals surface area contributed by atoms with Gasteiger partial charge in [0.2, 0.25) is 10.0 Å². The van der Waals surface area contributed by atoms with Gasteiger partial charge in [-0.3, -0.25) is 0 Å². The molecular formula is C17H19N7O2S. The van der Waals surface area contributed by atoms with E-state index in [1.54, 1.807) is 18.3 Å². The fourth-order valence-electron chi connectivity index (χ4n) is 2.99. The van der Waals surface area contributed by atoms with E-state index in [1.165, 1.54) is 36.0 Å². The Balaban J connectivity index is 1.45. The molecule has 0 amide bonds. The van der Waals surface area contributed by atoms with Crippen molar-refractivity contribution in [1.82, 2.24) is 29.9 Å². The number of hydrogen-bond donors (Lipinski definition) is 1. The summed E-state index contributed by atoms with van der Waals surface area (Å²) in [4.78, 5) is 6.83. The second-order valence-electron chi connectivity index (χ2n) is 6.30. The number of nitrogens with zero attached hydrogens (tertiary/aromatic N) is 6. The zero-order valence-electron chi connectivity index (χ0n) is 14.6. The Morgan fingerprint density at radius 2 is 1.96 bits per heavy atom. The van der Waals surface area contributed by atoms with Crippen molar-refractivity contribution < 1.29 is 8.42 Å². The predicted molar refractivity (Wildman–Crippen MR) is 98.9 cm³/mol. The van der Waals surface area contributed by atoms with Crippen LogP contribution in [0.15, 0.2) is 53.8 Å². The van der Waals surface area contributed by atoms with E-state index < -0.39 is 10.0 Å². The second-order valence-corrected chi connectivity index (χ2v) is 8.06. The van der Waals surface area contributed by atoms with Crippen LogP contribution in [-0.4, -0.2) is 46.7 Å². The topological polar surface area (TPSA) is 106 Å². The molecule has 1 saturated heterocycles. The van der Waals surface area contributed by atoms with E-state index in [4.69, 9.17) is 0 Å². The molecule has 0 saturated carbocycles. The number of pyridine rings is 1. The number of aromatic nitrogens is 5. The highest BCUT2D eigenvalue weighted by atomic mass is 32.2. The molecule has 3 heterocycles. The maximum Gasteiger partial charge on any atom is 0.240 e. The number of rotatable bonds is 6. The summed E-state index contributed by atoms with van der Waals surface area (Å²) in [6, 6.07) is 10.3. The first kappa shape index (κ1) is 17.6. The fraction of sp³-hybridized carbons (Fsp3) is 0.294. The molecule has 3 aromatic rings. The third-order valence-corrected chi connectivity index (χ3v) is 5.85. The van der Waals surface area contributed by atoms with Crippen molar-refractivity contribution >= 4 is 15.8 Å². The van der Waals surface area contributed by atoms with Crippen molar-refractivity contribution in [2.75, 3.05) is 18.0 Å². The van der Waals surface area contributed by atoms with Crippen LogP contribution in [-0.2, 0) is 16.6 Å². The number of tetrazole rings is 1. The Bertz CT molecular complexity index is 998. The highest BCUT2D eigenvalue weighted by Crippen LogP contribution is 2.18. The maximum atomic E-state index is 12.6. The van der Waals surface area contributed by atoms with Gasteiger partial charge in [-0.1, -0.05) is 12.1 Å². The average Bonchev–Trinajstić information content (AvgIpc) is 3.41. The maximum absolute atomic E-state index is 12.6. The standard InChI is InChI=1S/C17H19N7O2S/c25-27(26,16-5-3-4-15(10-16)24-13-19-21-22-24)20-12-14-6-7-17(18-11-14)23-8-1-2-9-23/h3-7,10-11,13,20H,1-2,8-9,12H2. The van der Waals surface area contributed by atoms with E-state index in [2.05, 4.69) is 30.1 Å². The molecule has 1 aromatic carbocycles. The Morgan fingerprint density at radius 3 is 2.67 bits per heavy atom. The van der Waals surface area contributed by atoms with E-state index in [1.807, 2.05) is 12.1 Å². The van der Waals surface area contributed by atoms with Gasteiger partial charge in [-0.25, -0.2) is 22.8 Å². The number of sulfonamides is 1. The smallest absolute Gasteiger partial charge is 0.240 e. The summed E-state index contributed by atoms with van der Waals surface area (Å²) >= 11 is 0. The van der Waals surface area contributed by atoms with E-state index in [0.29, 0.717) is 5.69 Å². The monoisotopic (exact) mass is 385 g/mol. The molecule has 0 atom stereocenters. The van der Waals surface area contributed by atoms with E-state index >= 15 is 0 Å². The summed E-state index contributed by atoms with van der Waals surface area (Å²) in [5.74, 6) is 0.938. The lowest BCUT2D eigenvalue weighted by Gasteiger charge is -2.16. The molecule has 1 N–H and O–H groups in total. The lowest BCUT2D eigenvalue weighted by atomic mass is 10.3. The minimum atomic E-state index is -3.67. The van der Waals surface area contributed by atoms with Gasteiger partial charge in [-0.05, 0) is 53.1 Å². The Kier molecular flexibility index (Phi) is 4.82. The summed E-state index contributed by atoms with van der Waals surface area (Å²) in [6.07, 6.45) is 5.50. The molecule has 0 bridgehead atoms. The van der Waals surface area contributed by atoms with E-state index in [9.17, 15) is 8.42 Å². The molecular weight excluding hydrogens is 366 g/mol. The lowest BCUT2D eigenvalue weighted by Crippen LogP contribution is -2.24. The van der Waals surface area contributed by atoms with Gasteiger partial charge in [0.1, 0.15) is 12.1 Å². The van der Waals surface area contributed by atoms with Gasteiger partial charge in [0.15, 0.2) is 0 Å². The second kappa shape index (κ2) is 7.41. The third kappa shape index (κ3) is 3.96. The number of nitrogens with one attached hydrogen (secondary N) is 1. The fourth-order valence-corrected chi connectivity index (χ4v) is 4.05. The predicted octanol–water partition coefficient (Wildman–Crippen LogP) is 1.14. The molecule has 1 aliphatic rings. The van der Waals surface area contributed by atoms with E-state index in [0.717, 1.165) is 24.5 Å². The van der Waals surface area contributed by atoms with Gasteiger partial charge in [-0.2, -0.15) is 0 Å². The Morgan fingerprint density at radius 1 is 1.11 bits per heavy atom.